The van der Waals surface area contributed by atoms with Crippen molar-refractivity contribution in [2.75, 3.05) is 17.6 Å². The van der Waals surface area contributed by atoms with E-state index in [4.69, 9.17) is 4.74 Å². The maximum absolute atomic E-state index is 12.1. The second-order valence-electron chi connectivity index (χ2n) is 5.24. The fraction of sp³-hybridized carbons (Fsp3) is 0.176. The molecule has 0 aliphatic heterocycles. The highest BCUT2D eigenvalue weighted by molar-refractivity contribution is 7.92. The highest BCUT2D eigenvalue weighted by Gasteiger charge is 2.08. The molecule has 0 bridgehead atoms. The van der Waals surface area contributed by atoms with Crippen molar-refractivity contribution in [3.05, 3.63) is 59.7 Å². The number of hydrogen-bond donors (Lipinski definition) is 1. The summed E-state index contributed by atoms with van der Waals surface area (Å²) in [5, 5.41) is 0. The number of benzene rings is 2. The molecule has 0 aromatic heterocycles. The van der Waals surface area contributed by atoms with E-state index >= 15 is 0 Å². The van der Waals surface area contributed by atoms with Gasteiger partial charge in [-0.1, -0.05) is 0 Å². The van der Waals surface area contributed by atoms with Crippen molar-refractivity contribution < 1.29 is 22.7 Å². The second-order valence-corrected chi connectivity index (χ2v) is 6.99. The van der Waals surface area contributed by atoms with E-state index in [1.54, 1.807) is 24.3 Å². The van der Waals surface area contributed by atoms with Crippen molar-refractivity contribution in [3.8, 4) is 5.75 Å². The van der Waals surface area contributed by atoms with E-state index in [1.165, 1.54) is 31.2 Å². The summed E-state index contributed by atoms with van der Waals surface area (Å²) in [5.41, 5.74) is 1.37. The van der Waals surface area contributed by atoms with E-state index in [0.29, 0.717) is 22.6 Å². The standard InChI is InChI=1S/C17H17NO5S/c1-12(19)13-5-9-16(10-6-13)23-11-17(20)14-3-7-15(8-4-14)18-24(2,21)22/h3-10,18H,11H2,1-2H3. The second kappa shape index (κ2) is 7.27. The summed E-state index contributed by atoms with van der Waals surface area (Å²) in [6, 6.07) is 12.6. The molecule has 2 aromatic rings. The Balaban J connectivity index is 1.96. The topological polar surface area (TPSA) is 89.5 Å². The minimum Gasteiger partial charge on any atom is -0.485 e. The first-order valence-corrected chi connectivity index (χ1v) is 8.98. The van der Waals surface area contributed by atoms with Crippen LogP contribution in [0.3, 0.4) is 0 Å². The van der Waals surface area contributed by atoms with Crippen LogP contribution in [0, 0.1) is 0 Å². The van der Waals surface area contributed by atoms with Gasteiger partial charge >= 0.3 is 0 Å². The molecule has 0 saturated heterocycles. The summed E-state index contributed by atoms with van der Waals surface area (Å²) in [5.74, 6) is 0.209. The van der Waals surface area contributed by atoms with Crippen molar-refractivity contribution >= 4 is 27.3 Å². The Hall–Kier alpha value is -2.67. The Morgan fingerprint density at radius 2 is 1.50 bits per heavy atom. The van der Waals surface area contributed by atoms with E-state index in [2.05, 4.69) is 4.72 Å². The monoisotopic (exact) mass is 347 g/mol. The molecule has 1 N–H and O–H groups in total. The molecule has 0 amide bonds. The minimum absolute atomic E-state index is 0.0413. The number of sulfonamides is 1. The molecule has 126 valence electrons. The van der Waals surface area contributed by atoms with Crippen molar-refractivity contribution in [1.29, 1.82) is 0 Å². The first-order valence-electron chi connectivity index (χ1n) is 7.09. The van der Waals surface area contributed by atoms with Gasteiger partial charge in [0.15, 0.2) is 18.2 Å². The first-order chi connectivity index (χ1) is 11.2. The minimum atomic E-state index is -3.35. The van der Waals surface area contributed by atoms with Gasteiger partial charge in [-0.05, 0) is 55.5 Å². The summed E-state index contributed by atoms with van der Waals surface area (Å²) in [4.78, 5) is 23.3. The largest absolute Gasteiger partial charge is 0.485 e. The molecule has 0 fully saturated rings. The van der Waals surface area contributed by atoms with Crippen LogP contribution in [0.15, 0.2) is 48.5 Å². The average Bonchev–Trinajstić information content (AvgIpc) is 2.52. The van der Waals surface area contributed by atoms with Crippen LogP contribution in [0.1, 0.15) is 27.6 Å². The van der Waals surface area contributed by atoms with E-state index in [0.717, 1.165) is 6.26 Å². The Labute approximate surface area is 140 Å². The number of carbonyl (C=O) groups excluding carboxylic acids is 2. The third-order valence-electron chi connectivity index (χ3n) is 3.14. The third kappa shape index (κ3) is 5.20. The highest BCUT2D eigenvalue weighted by Crippen LogP contribution is 2.14. The maximum Gasteiger partial charge on any atom is 0.229 e. The molecule has 24 heavy (non-hydrogen) atoms. The summed E-state index contributed by atoms with van der Waals surface area (Å²) >= 11 is 0. The number of nitrogens with one attached hydrogen (secondary N) is 1. The zero-order valence-corrected chi connectivity index (χ0v) is 14.1. The Morgan fingerprint density at radius 1 is 0.958 bits per heavy atom. The van der Waals surface area contributed by atoms with Gasteiger partial charge in [0.25, 0.3) is 0 Å². The quantitative estimate of drug-likeness (QED) is 0.777. The number of ketones is 2. The molecular weight excluding hydrogens is 330 g/mol. The third-order valence-corrected chi connectivity index (χ3v) is 3.75. The van der Waals surface area contributed by atoms with Crippen molar-refractivity contribution in [2.24, 2.45) is 0 Å². The predicted octanol–water partition coefficient (Wildman–Crippen LogP) is 2.52. The molecule has 0 spiro atoms. The van der Waals surface area contributed by atoms with Crippen LogP contribution in [-0.2, 0) is 10.0 Å². The fourth-order valence-corrected chi connectivity index (χ4v) is 2.52. The maximum atomic E-state index is 12.1. The highest BCUT2D eigenvalue weighted by atomic mass is 32.2. The molecule has 0 heterocycles. The van der Waals surface area contributed by atoms with Gasteiger partial charge in [-0.3, -0.25) is 14.3 Å². The van der Waals surface area contributed by atoms with Gasteiger partial charge in [0.2, 0.25) is 10.0 Å². The number of anilines is 1. The molecule has 0 atom stereocenters. The van der Waals surface area contributed by atoms with Gasteiger partial charge in [-0.15, -0.1) is 0 Å². The lowest BCUT2D eigenvalue weighted by atomic mass is 10.1. The predicted molar refractivity (Wildman–Crippen MR) is 91.2 cm³/mol. The fourth-order valence-electron chi connectivity index (χ4n) is 1.96. The Kier molecular flexibility index (Phi) is 5.35. The van der Waals surface area contributed by atoms with Crippen LogP contribution in [0.25, 0.3) is 0 Å². The van der Waals surface area contributed by atoms with Gasteiger partial charge < -0.3 is 4.74 Å². The molecule has 7 heteroatoms. The number of carbonyl (C=O) groups is 2. The van der Waals surface area contributed by atoms with Gasteiger partial charge in [0.1, 0.15) is 5.75 Å². The summed E-state index contributed by atoms with van der Waals surface area (Å²) in [6.07, 6.45) is 1.05. The van der Waals surface area contributed by atoms with Gasteiger partial charge in [-0.25, -0.2) is 8.42 Å². The van der Waals surface area contributed by atoms with Gasteiger partial charge in [0.05, 0.1) is 6.26 Å². The zero-order chi connectivity index (χ0) is 17.7. The van der Waals surface area contributed by atoms with Crippen molar-refractivity contribution in [1.82, 2.24) is 0 Å². The van der Waals surface area contributed by atoms with E-state index in [9.17, 15) is 18.0 Å². The lowest BCUT2D eigenvalue weighted by Crippen LogP contribution is -2.12. The lowest BCUT2D eigenvalue weighted by Gasteiger charge is -2.07. The molecule has 0 aliphatic rings. The number of ether oxygens (including phenoxy) is 1. The van der Waals surface area contributed by atoms with Crippen LogP contribution in [0.2, 0.25) is 0 Å². The average molecular weight is 347 g/mol. The lowest BCUT2D eigenvalue weighted by molar-refractivity contribution is 0.0920. The molecule has 6 nitrogen and oxygen atoms in total. The van der Waals surface area contributed by atoms with Crippen LogP contribution in [0.4, 0.5) is 5.69 Å². The molecular formula is C17H17NO5S. The first kappa shape index (κ1) is 17.7. The Bertz CT molecular complexity index is 840. The zero-order valence-electron chi connectivity index (χ0n) is 13.3. The number of Topliss-reactive ketones (excluding diaryl/α,β-unsaturated/α-hetero) is 2. The SMILES string of the molecule is CC(=O)c1ccc(OCC(=O)c2ccc(NS(C)(=O)=O)cc2)cc1. The normalized spacial score (nSPS) is 10.9. The number of hydrogen-bond acceptors (Lipinski definition) is 5. The molecule has 2 aromatic carbocycles. The van der Waals surface area contributed by atoms with E-state index < -0.39 is 10.0 Å². The summed E-state index contributed by atoms with van der Waals surface area (Å²) < 4.78 is 30.0. The number of rotatable bonds is 7. The summed E-state index contributed by atoms with van der Waals surface area (Å²) in [6.45, 7) is 1.32. The smallest absolute Gasteiger partial charge is 0.229 e. The summed E-state index contributed by atoms with van der Waals surface area (Å²) in [7, 11) is -3.35. The Morgan fingerprint density at radius 3 is 2.00 bits per heavy atom. The van der Waals surface area contributed by atoms with Crippen LogP contribution in [0.5, 0.6) is 5.75 Å². The van der Waals surface area contributed by atoms with Crippen LogP contribution in [-0.4, -0.2) is 32.8 Å². The molecule has 0 aliphatic carbocycles. The van der Waals surface area contributed by atoms with Crippen molar-refractivity contribution in [3.63, 3.8) is 0 Å². The molecule has 2 rings (SSSR count). The molecule has 0 radical (unpaired) electrons. The van der Waals surface area contributed by atoms with E-state index in [1.807, 2.05) is 0 Å². The molecule has 0 unspecified atom stereocenters. The van der Waals surface area contributed by atoms with Crippen LogP contribution < -0.4 is 9.46 Å². The van der Waals surface area contributed by atoms with Crippen LogP contribution >= 0.6 is 0 Å². The van der Waals surface area contributed by atoms with Crippen molar-refractivity contribution in [2.45, 2.75) is 6.92 Å². The molecule has 0 saturated carbocycles. The van der Waals surface area contributed by atoms with Gasteiger partial charge in [0, 0.05) is 16.8 Å². The van der Waals surface area contributed by atoms with E-state index in [-0.39, 0.29) is 18.2 Å². The van der Waals surface area contributed by atoms with Gasteiger partial charge in [-0.2, -0.15) is 0 Å².